The number of hydrogen-bond acceptors (Lipinski definition) is 6. The first kappa shape index (κ1) is 23.3. The molecule has 0 spiro atoms. The number of benzene rings is 1. The van der Waals surface area contributed by atoms with Crippen LogP contribution in [0.15, 0.2) is 24.3 Å². The van der Waals surface area contributed by atoms with Crippen LogP contribution in [0.5, 0.6) is 5.75 Å². The molecule has 0 saturated heterocycles. The van der Waals surface area contributed by atoms with E-state index in [2.05, 4.69) is 10.6 Å². The third kappa shape index (κ3) is 9.25. The van der Waals surface area contributed by atoms with Crippen molar-refractivity contribution in [2.75, 3.05) is 18.5 Å². The third-order valence-corrected chi connectivity index (χ3v) is 3.35. The van der Waals surface area contributed by atoms with Crippen molar-refractivity contribution in [1.82, 2.24) is 5.32 Å². The van der Waals surface area contributed by atoms with Crippen LogP contribution < -0.4 is 15.4 Å². The van der Waals surface area contributed by atoms with Crippen molar-refractivity contribution in [2.45, 2.75) is 59.2 Å². The maximum Gasteiger partial charge on any atom is 0.407 e. The lowest BCUT2D eigenvalue weighted by Crippen LogP contribution is -2.33. The average molecular weight is 394 g/mol. The number of rotatable bonds is 9. The van der Waals surface area contributed by atoms with Crippen molar-refractivity contribution in [3.63, 3.8) is 0 Å². The van der Waals surface area contributed by atoms with Crippen LogP contribution in [-0.2, 0) is 19.1 Å². The Bertz CT molecular complexity index is 669. The molecule has 156 valence electrons. The number of amides is 2. The number of carbonyl (C=O) groups excluding carboxylic acids is 3. The van der Waals surface area contributed by atoms with Crippen molar-refractivity contribution in [3.8, 4) is 5.75 Å². The van der Waals surface area contributed by atoms with Crippen LogP contribution in [0.3, 0.4) is 0 Å². The summed E-state index contributed by atoms with van der Waals surface area (Å²) in [4.78, 5) is 35.6. The van der Waals surface area contributed by atoms with E-state index in [-0.39, 0.29) is 13.0 Å². The van der Waals surface area contributed by atoms with Crippen LogP contribution >= 0.6 is 0 Å². The van der Waals surface area contributed by atoms with Crippen molar-refractivity contribution in [3.05, 3.63) is 24.3 Å². The molecule has 0 aliphatic heterocycles. The van der Waals surface area contributed by atoms with Gasteiger partial charge in [0.05, 0.1) is 12.3 Å². The molecular formula is C20H30N2O6. The fourth-order valence-electron chi connectivity index (χ4n) is 2.13. The van der Waals surface area contributed by atoms with E-state index < -0.39 is 29.7 Å². The van der Waals surface area contributed by atoms with E-state index in [1.54, 1.807) is 45.0 Å². The first-order valence-electron chi connectivity index (χ1n) is 9.31. The van der Waals surface area contributed by atoms with Gasteiger partial charge in [-0.1, -0.05) is 12.1 Å². The van der Waals surface area contributed by atoms with Crippen LogP contribution in [0.4, 0.5) is 10.5 Å². The highest BCUT2D eigenvalue weighted by Gasteiger charge is 2.19. The van der Waals surface area contributed by atoms with Gasteiger partial charge in [0, 0.05) is 13.0 Å². The Morgan fingerprint density at radius 3 is 2.46 bits per heavy atom. The van der Waals surface area contributed by atoms with E-state index in [9.17, 15) is 14.4 Å². The molecule has 0 saturated carbocycles. The molecule has 1 rings (SSSR count). The van der Waals surface area contributed by atoms with Gasteiger partial charge in [0.15, 0.2) is 6.10 Å². The lowest BCUT2D eigenvalue weighted by molar-refractivity contribution is -0.153. The molecule has 1 atom stereocenters. The predicted molar refractivity (Wildman–Crippen MR) is 105 cm³/mol. The molecule has 0 radical (unpaired) electrons. The highest BCUT2D eigenvalue weighted by atomic mass is 16.6. The van der Waals surface area contributed by atoms with Crippen molar-refractivity contribution in [2.24, 2.45) is 0 Å². The summed E-state index contributed by atoms with van der Waals surface area (Å²) >= 11 is 0. The molecule has 0 aliphatic rings. The van der Waals surface area contributed by atoms with Crippen molar-refractivity contribution >= 4 is 23.7 Å². The highest BCUT2D eigenvalue weighted by Crippen LogP contribution is 2.23. The van der Waals surface area contributed by atoms with E-state index in [4.69, 9.17) is 14.2 Å². The smallest absolute Gasteiger partial charge is 0.407 e. The molecule has 2 amide bonds. The molecular weight excluding hydrogens is 364 g/mol. The molecule has 2 N–H and O–H groups in total. The Morgan fingerprint density at radius 2 is 1.82 bits per heavy atom. The van der Waals surface area contributed by atoms with Gasteiger partial charge in [-0.15, -0.1) is 0 Å². The second-order valence-electron chi connectivity index (χ2n) is 7.08. The highest BCUT2D eigenvalue weighted by molar-refractivity contribution is 5.96. The van der Waals surface area contributed by atoms with Gasteiger partial charge < -0.3 is 24.8 Å². The first-order chi connectivity index (χ1) is 13.1. The van der Waals surface area contributed by atoms with Gasteiger partial charge in [-0.05, 0) is 53.2 Å². The maximum atomic E-state index is 12.2. The number of nitrogens with one attached hydrogen (secondary N) is 2. The summed E-state index contributed by atoms with van der Waals surface area (Å²) in [5.74, 6) is -0.427. The minimum Gasteiger partial charge on any atom is -0.492 e. The van der Waals surface area contributed by atoms with Gasteiger partial charge in [-0.25, -0.2) is 4.79 Å². The Hall–Kier alpha value is -2.77. The number of ether oxygens (including phenoxy) is 3. The fraction of sp³-hybridized carbons (Fsp3) is 0.550. The molecule has 8 nitrogen and oxygen atoms in total. The summed E-state index contributed by atoms with van der Waals surface area (Å²) in [7, 11) is 0. The summed E-state index contributed by atoms with van der Waals surface area (Å²) in [6.45, 7) is 9.38. The lowest BCUT2D eigenvalue weighted by atomic mass is 10.2. The fourth-order valence-corrected chi connectivity index (χ4v) is 2.13. The van der Waals surface area contributed by atoms with E-state index in [1.807, 2.05) is 6.92 Å². The zero-order valence-corrected chi connectivity index (χ0v) is 17.2. The Morgan fingerprint density at radius 1 is 1.14 bits per heavy atom. The molecule has 0 aliphatic carbocycles. The standard InChI is InChI=1S/C20H30N2O6/c1-6-26-16-11-8-7-10-15(16)22-18(24)14(2)27-17(23)12-9-13-21-19(25)28-20(3,4)5/h7-8,10-11,14H,6,9,12-13H2,1-5H3,(H,21,25)(H,22,24)/t14-/m1/s1. The van der Waals surface area contributed by atoms with E-state index in [0.29, 0.717) is 24.5 Å². The molecule has 0 fully saturated rings. The van der Waals surface area contributed by atoms with Gasteiger partial charge in [-0.2, -0.15) is 0 Å². The molecule has 28 heavy (non-hydrogen) atoms. The van der Waals surface area contributed by atoms with E-state index in [0.717, 1.165) is 0 Å². The minimum absolute atomic E-state index is 0.0724. The summed E-state index contributed by atoms with van der Waals surface area (Å²) in [6, 6.07) is 7.02. The zero-order valence-electron chi connectivity index (χ0n) is 17.2. The van der Waals surface area contributed by atoms with Crippen LogP contribution in [0.1, 0.15) is 47.5 Å². The Kier molecular flexibility index (Phi) is 9.27. The zero-order chi connectivity index (χ0) is 21.2. The van der Waals surface area contributed by atoms with Gasteiger partial charge in [0.2, 0.25) is 0 Å². The van der Waals surface area contributed by atoms with Crippen molar-refractivity contribution < 1.29 is 28.6 Å². The van der Waals surface area contributed by atoms with Crippen molar-refractivity contribution in [1.29, 1.82) is 0 Å². The van der Waals surface area contributed by atoms with Crippen LogP contribution in [0, 0.1) is 0 Å². The molecule has 0 unspecified atom stereocenters. The Balaban J connectivity index is 2.36. The maximum absolute atomic E-state index is 12.2. The summed E-state index contributed by atoms with van der Waals surface area (Å²) < 4.78 is 15.7. The van der Waals surface area contributed by atoms with Gasteiger partial charge >= 0.3 is 12.1 Å². The first-order valence-corrected chi connectivity index (χ1v) is 9.31. The number of alkyl carbamates (subject to hydrolysis) is 1. The van der Waals surface area contributed by atoms with Gasteiger partial charge in [-0.3, -0.25) is 9.59 Å². The van der Waals surface area contributed by atoms with E-state index in [1.165, 1.54) is 6.92 Å². The number of carbonyl (C=O) groups is 3. The summed E-state index contributed by atoms with van der Waals surface area (Å²) in [6.07, 6.45) is -1.05. The lowest BCUT2D eigenvalue weighted by Gasteiger charge is -2.19. The van der Waals surface area contributed by atoms with Gasteiger partial charge in [0.1, 0.15) is 11.4 Å². The summed E-state index contributed by atoms with van der Waals surface area (Å²) in [5.41, 5.74) is -0.0640. The molecule has 1 aromatic carbocycles. The number of anilines is 1. The number of esters is 1. The van der Waals surface area contributed by atoms with Gasteiger partial charge in [0.25, 0.3) is 5.91 Å². The second kappa shape index (κ2) is 11.2. The monoisotopic (exact) mass is 394 g/mol. The normalized spacial score (nSPS) is 11.9. The third-order valence-electron chi connectivity index (χ3n) is 3.35. The minimum atomic E-state index is -0.957. The molecule has 1 aromatic rings. The quantitative estimate of drug-likeness (QED) is 0.492. The van der Waals surface area contributed by atoms with E-state index >= 15 is 0 Å². The molecule has 8 heteroatoms. The molecule has 0 aromatic heterocycles. The number of hydrogen-bond donors (Lipinski definition) is 2. The second-order valence-corrected chi connectivity index (χ2v) is 7.08. The van der Waals surface area contributed by atoms with Crippen LogP contribution in [-0.4, -0.2) is 42.8 Å². The SMILES string of the molecule is CCOc1ccccc1NC(=O)[C@@H](C)OC(=O)CCCNC(=O)OC(C)(C)C. The topological polar surface area (TPSA) is 103 Å². The average Bonchev–Trinajstić information content (AvgIpc) is 2.59. The largest absolute Gasteiger partial charge is 0.492 e. The summed E-state index contributed by atoms with van der Waals surface area (Å²) in [5, 5.41) is 5.25. The Labute approximate surface area is 165 Å². The van der Waals surface area contributed by atoms with Crippen LogP contribution in [0.25, 0.3) is 0 Å². The van der Waals surface area contributed by atoms with Crippen LogP contribution in [0.2, 0.25) is 0 Å². The molecule has 0 heterocycles. The predicted octanol–water partition coefficient (Wildman–Crippen LogP) is 3.26. The molecule has 0 bridgehead atoms. The number of para-hydroxylation sites is 2.